The molecule has 12 rings (SSSR count). The van der Waals surface area contributed by atoms with Crippen LogP contribution in [0.4, 0.5) is 15.8 Å². The van der Waals surface area contributed by atoms with Crippen molar-refractivity contribution < 1.29 is 8.81 Å². The Hall–Kier alpha value is -7.57. The van der Waals surface area contributed by atoms with E-state index in [1.165, 1.54) is 34.6 Å². The van der Waals surface area contributed by atoms with Gasteiger partial charge in [-0.25, -0.2) is 14.4 Å². The van der Waals surface area contributed by atoms with Crippen LogP contribution in [0, 0.1) is 5.82 Å². The molecule has 0 saturated heterocycles. The number of allylic oxidation sites excluding steroid dienone is 2. The molecule has 0 radical (unpaired) electrons. The fraction of sp³-hybridized carbons (Fsp3) is 0.0385. The number of fused-ring (bicyclic) bond motifs is 9. The van der Waals surface area contributed by atoms with E-state index in [9.17, 15) is 4.39 Å². The number of hydrogen-bond donors (Lipinski definition) is 0. The maximum absolute atomic E-state index is 14.4. The normalized spacial score (nSPS) is 15.8. The molecule has 5 nitrogen and oxygen atoms in total. The van der Waals surface area contributed by atoms with Crippen LogP contribution in [0.25, 0.3) is 83.3 Å². The van der Waals surface area contributed by atoms with E-state index in [1.807, 2.05) is 42.5 Å². The fourth-order valence-corrected chi connectivity index (χ4v) is 9.13. The average molecular weight is 749 g/mol. The number of hydrogen-bond acceptors (Lipinski definition) is 4. The molecule has 3 aromatic heterocycles. The van der Waals surface area contributed by atoms with Gasteiger partial charge in [-0.1, -0.05) is 103 Å². The summed E-state index contributed by atoms with van der Waals surface area (Å²) in [6.45, 7) is 0. The zero-order valence-electron chi connectivity index (χ0n) is 31.1. The number of para-hydroxylation sites is 2. The van der Waals surface area contributed by atoms with Gasteiger partial charge in [0, 0.05) is 50.0 Å². The number of furan rings is 1. The number of anilines is 2. The summed E-state index contributed by atoms with van der Waals surface area (Å²) < 4.78 is 22.7. The Kier molecular flexibility index (Phi) is 7.17. The molecule has 0 amide bonds. The van der Waals surface area contributed by atoms with Crippen LogP contribution in [0.1, 0.15) is 11.5 Å². The predicted molar refractivity (Wildman–Crippen MR) is 233 cm³/mol. The van der Waals surface area contributed by atoms with E-state index in [0.717, 1.165) is 60.7 Å². The molecule has 0 N–H and O–H groups in total. The van der Waals surface area contributed by atoms with E-state index in [2.05, 4.69) is 137 Å². The molecule has 1 aliphatic heterocycles. The Morgan fingerprint density at radius 3 is 2.02 bits per heavy atom. The smallest absolute Gasteiger partial charge is 0.235 e. The molecule has 2 atom stereocenters. The van der Waals surface area contributed by atoms with Crippen LogP contribution in [-0.4, -0.2) is 20.6 Å². The van der Waals surface area contributed by atoms with Crippen LogP contribution in [0.2, 0.25) is 0 Å². The van der Waals surface area contributed by atoms with Crippen LogP contribution < -0.4 is 4.90 Å². The lowest BCUT2D eigenvalue weighted by atomic mass is 9.89. The van der Waals surface area contributed by atoms with Gasteiger partial charge in [0.1, 0.15) is 17.0 Å². The van der Waals surface area contributed by atoms with E-state index >= 15 is 0 Å². The zero-order valence-corrected chi connectivity index (χ0v) is 31.1. The summed E-state index contributed by atoms with van der Waals surface area (Å²) in [5.74, 6) is 0.535. The first-order chi connectivity index (χ1) is 28.6. The molecular weight excluding hydrogens is 716 g/mol. The quantitative estimate of drug-likeness (QED) is 0.176. The largest absolute Gasteiger partial charge is 0.456 e. The van der Waals surface area contributed by atoms with Gasteiger partial charge in [-0.2, -0.15) is 0 Å². The van der Waals surface area contributed by atoms with Crippen molar-refractivity contribution in [2.24, 2.45) is 0 Å². The fourth-order valence-electron chi connectivity index (χ4n) is 9.13. The van der Waals surface area contributed by atoms with Crippen molar-refractivity contribution in [2.45, 2.75) is 12.0 Å². The molecule has 0 spiro atoms. The summed E-state index contributed by atoms with van der Waals surface area (Å²) in [4.78, 5) is 13.0. The predicted octanol–water partition coefficient (Wildman–Crippen LogP) is 13.3. The van der Waals surface area contributed by atoms with Gasteiger partial charge < -0.3 is 9.32 Å². The third-order valence-electron chi connectivity index (χ3n) is 11.8. The summed E-state index contributed by atoms with van der Waals surface area (Å²) in [6.07, 6.45) is 8.99. The maximum Gasteiger partial charge on any atom is 0.235 e. The highest BCUT2D eigenvalue weighted by molar-refractivity contribution is 6.10. The number of aromatic nitrogens is 3. The molecule has 274 valence electrons. The SMILES string of the molecule is Fc1ccc2oc3ccc(-c4cc(-c5ccccc5)nc(-n5c6ccccc6c6cc(-c7ccc8c(c7)C7C=CC=CC7N8c7ccccc7)ccc65)n4)cc3c2c1. The van der Waals surface area contributed by atoms with Crippen LogP contribution in [0.15, 0.2) is 193 Å². The molecule has 0 saturated carbocycles. The first kappa shape index (κ1) is 32.7. The number of benzene rings is 7. The van der Waals surface area contributed by atoms with Gasteiger partial charge in [0.25, 0.3) is 0 Å². The van der Waals surface area contributed by atoms with Crippen molar-refractivity contribution in [2.75, 3.05) is 4.90 Å². The van der Waals surface area contributed by atoms with E-state index in [4.69, 9.17) is 14.4 Å². The second-order valence-electron chi connectivity index (χ2n) is 15.1. The second-order valence-corrected chi connectivity index (χ2v) is 15.1. The monoisotopic (exact) mass is 748 g/mol. The highest BCUT2D eigenvalue weighted by Gasteiger charge is 2.37. The van der Waals surface area contributed by atoms with Crippen molar-refractivity contribution in [3.8, 4) is 39.6 Å². The molecule has 0 bridgehead atoms. The number of nitrogens with zero attached hydrogens (tertiary/aromatic N) is 4. The number of rotatable bonds is 5. The van der Waals surface area contributed by atoms with Gasteiger partial charge in [-0.15, -0.1) is 0 Å². The van der Waals surface area contributed by atoms with Crippen LogP contribution in [0.3, 0.4) is 0 Å². The molecule has 7 aromatic carbocycles. The maximum atomic E-state index is 14.4. The van der Waals surface area contributed by atoms with Gasteiger partial charge >= 0.3 is 0 Å². The Bertz CT molecular complexity index is 3330. The third-order valence-corrected chi connectivity index (χ3v) is 11.8. The van der Waals surface area contributed by atoms with Crippen molar-refractivity contribution in [3.63, 3.8) is 0 Å². The molecule has 4 heterocycles. The van der Waals surface area contributed by atoms with Gasteiger partial charge in [0.2, 0.25) is 5.95 Å². The molecule has 2 unspecified atom stereocenters. The van der Waals surface area contributed by atoms with E-state index < -0.39 is 0 Å². The van der Waals surface area contributed by atoms with Gasteiger partial charge in [-0.05, 0) is 102 Å². The second kappa shape index (κ2) is 12.7. The standard InChI is InChI=1S/C52H33FN4O/c53-36-22-26-51-43(30-36)42-29-35(21-25-50(42)58-51)45-31-44(32-11-3-1-4-12-32)54-52(55-45)57-47-18-10-8-16-39(47)41-28-34(20-24-49(41)57)33-19-23-48-40(27-33)38-15-7-9-17-46(38)56(48)37-13-5-2-6-14-37/h1-31,38,46H. The van der Waals surface area contributed by atoms with Crippen LogP contribution >= 0.6 is 0 Å². The zero-order chi connectivity index (χ0) is 38.3. The molecule has 6 heteroatoms. The average Bonchev–Trinajstić information content (AvgIpc) is 3.93. The summed E-state index contributed by atoms with van der Waals surface area (Å²) >= 11 is 0. The molecule has 2 aliphatic rings. The molecule has 1 aliphatic carbocycles. The third kappa shape index (κ3) is 5.08. The Morgan fingerprint density at radius 2 is 1.16 bits per heavy atom. The van der Waals surface area contributed by atoms with Crippen LogP contribution in [-0.2, 0) is 0 Å². The molecular formula is C52H33FN4O. The Morgan fingerprint density at radius 1 is 0.500 bits per heavy atom. The minimum absolute atomic E-state index is 0.235. The Balaban J connectivity index is 1.02. The minimum atomic E-state index is -0.302. The molecule has 58 heavy (non-hydrogen) atoms. The van der Waals surface area contributed by atoms with Gasteiger partial charge in [0.05, 0.1) is 28.5 Å². The molecule has 10 aromatic rings. The summed E-state index contributed by atoms with van der Waals surface area (Å²) in [5.41, 5.74) is 12.9. The highest BCUT2D eigenvalue weighted by atomic mass is 19.1. The summed E-state index contributed by atoms with van der Waals surface area (Å²) in [5, 5.41) is 3.82. The summed E-state index contributed by atoms with van der Waals surface area (Å²) in [6, 6.07) is 55.9. The Labute approximate surface area is 333 Å². The minimum Gasteiger partial charge on any atom is -0.456 e. The van der Waals surface area contributed by atoms with Crippen molar-refractivity contribution >= 4 is 55.1 Å². The summed E-state index contributed by atoms with van der Waals surface area (Å²) in [7, 11) is 0. The molecule has 0 fully saturated rings. The van der Waals surface area contributed by atoms with E-state index in [0.29, 0.717) is 17.1 Å². The van der Waals surface area contributed by atoms with Gasteiger partial charge in [0.15, 0.2) is 0 Å². The lowest BCUT2D eigenvalue weighted by molar-refractivity contribution is 0.626. The van der Waals surface area contributed by atoms with Crippen molar-refractivity contribution in [1.82, 2.24) is 14.5 Å². The van der Waals surface area contributed by atoms with E-state index in [1.54, 1.807) is 6.07 Å². The first-order valence-electron chi connectivity index (χ1n) is 19.6. The number of halogens is 1. The van der Waals surface area contributed by atoms with E-state index in [-0.39, 0.29) is 17.8 Å². The van der Waals surface area contributed by atoms with Crippen molar-refractivity contribution in [1.29, 1.82) is 0 Å². The lowest BCUT2D eigenvalue weighted by Crippen LogP contribution is -2.28. The topological polar surface area (TPSA) is 47.1 Å². The lowest BCUT2D eigenvalue weighted by Gasteiger charge is -2.28. The van der Waals surface area contributed by atoms with Gasteiger partial charge in [-0.3, -0.25) is 4.57 Å². The first-order valence-corrected chi connectivity index (χ1v) is 19.6. The van der Waals surface area contributed by atoms with Crippen molar-refractivity contribution in [3.05, 3.63) is 199 Å². The van der Waals surface area contributed by atoms with Crippen LogP contribution in [0.5, 0.6) is 0 Å². The highest BCUT2D eigenvalue weighted by Crippen LogP contribution is 2.49.